The van der Waals surface area contributed by atoms with E-state index in [1.807, 2.05) is 6.92 Å². The van der Waals surface area contributed by atoms with E-state index in [0.717, 1.165) is 0 Å². The molecule has 14 heteroatoms. The van der Waals surface area contributed by atoms with Gasteiger partial charge in [-0.3, -0.25) is 4.79 Å². The summed E-state index contributed by atoms with van der Waals surface area (Å²) in [6.07, 6.45) is 8.95. The first-order valence-corrected chi connectivity index (χ1v) is 14.1. The number of benzene rings is 1. The van der Waals surface area contributed by atoms with Crippen molar-refractivity contribution in [3.63, 3.8) is 0 Å². The predicted molar refractivity (Wildman–Crippen MR) is 160 cm³/mol. The van der Waals surface area contributed by atoms with Crippen LogP contribution in [0.3, 0.4) is 0 Å². The van der Waals surface area contributed by atoms with Gasteiger partial charge in [-0.05, 0) is 25.1 Å². The van der Waals surface area contributed by atoms with Crippen molar-refractivity contribution in [2.24, 2.45) is 16.6 Å². The summed E-state index contributed by atoms with van der Waals surface area (Å²) in [4.78, 5) is 35.2. The second-order valence-electron chi connectivity index (χ2n) is 10.4. The molecule has 3 aromatic heterocycles. The molecule has 3 N–H and O–H groups in total. The summed E-state index contributed by atoms with van der Waals surface area (Å²) in [5.74, 6) is -0.271. The summed E-state index contributed by atoms with van der Waals surface area (Å²) in [5.41, 5.74) is 5.92. The lowest BCUT2D eigenvalue weighted by Gasteiger charge is -2.46. The third kappa shape index (κ3) is 6.00. The summed E-state index contributed by atoms with van der Waals surface area (Å²) < 4.78 is 40.7. The Hall–Kier alpha value is -4.59. The number of rotatable bonds is 9. The summed E-state index contributed by atoms with van der Waals surface area (Å²) in [5, 5.41) is 3.24. The number of hydrogen-bond donors (Lipinski definition) is 2. The molecule has 1 amide bonds. The van der Waals surface area contributed by atoms with E-state index in [-0.39, 0.29) is 23.2 Å². The monoisotopic (exact) mass is 608 g/mol. The number of aromatic nitrogens is 4. The van der Waals surface area contributed by atoms with E-state index >= 15 is 8.78 Å². The number of oxazole rings is 1. The van der Waals surface area contributed by atoms with Crippen LogP contribution in [0.1, 0.15) is 25.3 Å². The third-order valence-electron chi connectivity index (χ3n) is 7.40. The fraction of sp³-hybridized carbons (Fsp3) is 0.310. The van der Waals surface area contributed by atoms with Crippen LogP contribution in [0.25, 0.3) is 11.0 Å². The topological polar surface area (TPSA) is 145 Å². The summed E-state index contributed by atoms with van der Waals surface area (Å²) in [6, 6.07) is 5.94. The number of anilines is 2. The van der Waals surface area contributed by atoms with Gasteiger partial charge in [0.15, 0.2) is 17.6 Å². The molecule has 43 heavy (non-hydrogen) atoms. The highest BCUT2D eigenvalue weighted by atomic mass is 32.2. The lowest BCUT2D eigenvalue weighted by Crippen LogP contribution is -2.50. The van der Waals surface area contributed by atoms with Crippen molar-refractivity contribution in [1.29, 1.82) is 0 Å². The van der Waals surface area contributed by atoms with Gasteiger partial charge in [-0.2, -0.15) is 0 Å². The largest absolute Gasteiger partial charge is 0.482 e. The zero-order valence-corrected chi connectivity index (χ0v) is 24.7. The number of fused-ring (bicyclic) bond motifs is 1. The highest BCUT2D eigenvalue weighted by Gasteiger charge is 2.52. The molecule has 0 radical (unpaired) electrons. The van der Waals surface area contributed by atoms with Crippen LogP contribution in [0.4, 0.5) is 20.3 Å². The van der Waals surface area contributed by atoms with E-state index in [9.17, 15) is 4.79 Å². The maximum absolute atomic E-state index is 15.5. The number of amidine groups is 1. The molecule has 0 unspecified atom stereocenters. The Balaban J connectivity index is 1.46. The van der Waals surface area contributed by atoms with Crippen LogP contribution in [0, 0.1) is 11.7 Å². The number of thioether (sulfide) groups is 1. The number of hydrogen-bond acceptors (Lipinski definition) is 11. The predicted octanol–water partition coefficient (Wildman–Crippen LogP) is 4.74. The molecule has 0 fully saturated rings. The van der Waals surface area contributed by atoms with Gasteiger partial charge in [0.2, 0.25) is 11.8 Å². The molecule has 4 aromatic rings. The van der Waals surface area contributed by atoms with Crippen molar-refractivity contribution in [1.82, 2.24) is 24.8 Å². The van der Waals surface area contributed by atoms with Gasteiger partial charge in [-0.1, -0.05) is 24.8 Å². The molecule has 4 heterocycles. The molecule has 1 aliphatic heterocycles. The van der Waals surface area contributed by atoms with Gasteiger partial charge < -0.3 is 25.1 Å². The van der Waals surface area contributed by atoms with Gasteiger partial charge in [0.05, 0.1) is 17.9 Å². The fourth-order valence-corrected chi connectivity index (χ4v) is 5.98. The Bertz CT molecular complexity index is 1700. The van der Waals surface area contributed by atoms with Crippen LogP contribution < -0.4 is 15.8 Å². The zero-order valence-electron chi connectivity index (χ0n) is 23.9. The van der Waals surface area contributed by atoms with Crippen LogP contribution in [0.15, 0.2) is 70.8 Å². The van der Waals surface area contributed by atoms with Gasteiger partial charge in [0, 0.05) is 48.2 Å². The number of likely N-dealkylation sites (N-methyl/N-ethyl adjacent to an activating group) is 1. The van der Waals surface area contributed by atoms with Crippen molar-refractivity contribution < 1.29 is 22.7 Å². The van der Waals surface area contributed by atoms with Crippen molar-refractivity contribution in [2.75, 3.05) is 26.1 Å². The van der Waals surface area contributed by atoms with E-state index in [1.165, 1.54) is 65.9 Å². The normalized spacial score (nSPS) is 22.0. The number of halogens is 2. The molecule has 1 aliphatic rings. The van der Waals surface area contributed by atoms with Gasteiger partial charge in [-0.15, -0.1) is 0 Å². The molecule has 0 saturated carbocycles. The third-order valence-corrected chi connectivity index (χ3v) is 8.63. The Labute approximate surface area is 250 Å². The van der Waals surface area contributed by atoms with Gasteiger partial charge in [0.25, 0.3) is 0 Å². The molecule has 0 bridgehead atoms. The summed E-state index contributed by atoms with van der Waals surface area (Å²) >= 11 is 1.20. The average Bonchev–Trinajstić information content (AvgIpc) is 3.51. The molecular formula is C29H30F2N8O3S. The van der Waals surface area contributed by atoms with Gasteiger partial charge in [0.1, 0.15) is 41.9 Å². The van der Waals surface area contributed by atoms with E-state index in [2.05, 4.69) is 30.2 Å². The van der Waals surface area contributed by atoms with Crippen LogP contribution >= 0.6 is 11.8 Å². The molecule has 11 nitrogen and oxygen atoms in total. The molecule has 224 valence electrons. The fourth-order valence-electron chi connectivity index (χ4n) is 4.82. The van der Waals surface area contributed by atoms with E-state index in [1.54, 1.807) is 33.2 Å². The smallest absolute Gasteiger partial charge is 0.245 e. The Kier molecular flexibility index (Phi) is 8.31. The van der Waals surface area contributed by atoms with Crippen molar-refractivity contribution in [3.8, 4) is 5.75 Å². The molecule has 0 aliphatic carbocycles. The highest BCUT2D eigenvalue weighted by molar-refractivity contribution is 8.15. The molecule has 5 rings (SSSR count). The van der Waals surface area contributed by atoms with Crippen molar-refractivity contribution >= 4 is 45.4 Å². The van der Waals surface area contributed by atoms with E-state index < -0.39 is 28.7 Å². The Morgan fingerprint density at radius 2 is 2.07 bits per heavy atom. The van der Waals surface area contributed by atoms with Crippen molar-refractivity contribution in [3.05, 3.63) is 78.7 Å². The minimum atomic E-state index is -1.65. The zero-order chi connectivity index (χ0) is 30.8. The Morgan fingerprint density at radius 3 is 2.79 bits per heavy atom. The number of nitrogens with zero attached hydrogens (tertiary/aromatic N) is 6. The lowest BCUT2D eigenvalue weighted by molar-refractivity contribution is -0.123. The van der Waals surface area contributed by atoms with Crippen LogP contribution in [-0.4, -0.2) is 61.4 Å². The molecule has 0 spiro atoms. The highest BCUT2D eigenvalue weighted by Crippen LogP contribution is 2.51. The Morgan fingerprint density at radius 1 is 1.26 bits per heavy atom. The van der Waals surface area contributed by atoms with Gasteiger partial charge >= 0.3 is 0 Å². The number of carbonyl (C=O) groups is 1. The maximum atomic E-state index is 15.5. The number of aliphatic imine (C=N–C) groups is 1. The number of amides is 1. The molecule has 3 atom stereocenters. The first kappa shape index (κ1) is 29.9. The first-order chi connectivity index (χ1) is 20.5. The van der Waals surface area contributed by atoms with Crippen LogP contribution in [-0.2, 0) is 16.9 Å². The molecule has 0 saturated heterocycles. The summed E-state index contributed by atoms with van der Waals surface area (Å²) in [7, 11) is 3.26. The van der Waals surface area contributed by atoms with Crippen LogP contribution in [0.5, 0.6) is 5.75 Å². The SMILES string of the molecule is C[C@@H]1[C@@](C)(/C=C/C(=O)N(C)C)SC(N)=N[C@]1(CF)c1cc(Nc2ncnc3cc(OCc4ncco4)cnc23)ccc1F. The number of nitrogens with one attached hydrogen (secondary N) is 1. The quantitative estimate of drug-likeness (QED) is 0.256. The number of ether oxygens (including phenoxy) is 1. The first-order valence-electron chi connectivity index (χ1n) is 13.2. The minimum absolute atomic E-state index is 0.0165. The number of alkyl halides is 1. The molecule has 1 aromatic carbocycles. The summed E-state index contributed by atoms with van der Waals surface area (Å²) in [6.45, 7) is 2.70. The second kappa shape index (κ2) is 12.0. The minimum Gasteiger partial charge on any atom is -0.482 e. The number of nitrogens with two attached hydrogens (primary N) is 1. The van der Waals surface area contributed by atoms with Gasteiger partial charge in [-0.25, -0.2) is 33.7 Å². The standard InChI is InChI=1S/C29H30F2N8O3S/c1-17-28(2,8-7-24(40)39(3)4)43-27(32)38-29(17,15-30)20-11-18(5-6-21(20)31)37-26-25-22(35-16-36-26)12-19(13-34-25)42-14-23-33-9-10-41-23/h5-13,16-17H,14-15H2,1-4H3,(H2,32,38)(H,35,36,37)/b8-7+/t17-,28-,29+/m1/s1. The second-order valence-corrected chi connectivity index (χ2v) is 11.9. The maximum Gasteiger partial charge on any atom is 0.245 e. The molecular weight excluding hydrogens is 578 g/mol. The number of carbonyl (C=O) groups excluding carboxylic acids is 1. The van der Waals surface area contributed by atoms with Crippen LogP contribution in [0.2, 0.25) is 0 Å². The average molecular weight is 609 g/mol. The number of pyridine rings is 1. The van der Waals surface area contributed by atoms with E-state index in [4.69, 9.17) is 14.9 Å². The lowest BCUT2D eigenvalue weighted by atomic mass is 9.73. The van der Waals surface area contributed by atoms with E-state index in [0.29, 0.717) is 34.2 Å². The van der Waals surface area contributed by atoms with Crippen molar-refractivity contribution in [2.45, 2.75) is 30.7 Å².